The summed E-state index contributed by atoms with van der Waals surface area (Å²) < 4.78 is 5.06. The van der Waals surface area contributed by atoms with Crippen molar-refractivity contribution >= 4 is 6.03 Å². The van der Waals surface area contributed by atoms with Crippen molar-refractivity contribution in [3.8, 4) is 0 Å². The molecule has 2 aliphatic rings. The Morgan fingerprint density at radius 1 is 1.32 bits per heavy atom. The van der Waals surface area contributed by atoms with Gasteiger partial charge in [-0.3, -0.25) is 0 Å². The third-order valence-corrected chi connectivity index (χ3v) is 4.98. The number of methoxy groups -OCH3 is 1. The number of piperidine rings is 2. The number of likely N-dealkylation sites (N-methyl/N-ethyl adjacent to an activating group) is 1. The molecule has 2 heterocycles. The number of carbonyl (C=O) groups excluding carboxylic acids is 1. The van der Waals surface area contributed by atoms with Crippen LogP contribution in [0.15, 0.2) is 0 Å². The summed E-state index contributed by atoms with van der Waals surface area (Å²) in [5.41, 5.74) is 0. The first kappa shape index (κ1) is 17.5. The van der Waals surface area contributed by atoms with Crippen LogP contribution in [0.2, 0.25) is 0 Å². The number of nitrogens with one attached hydrogen (secondary N) is 1. The lowest BCUT2D eigenvalue weighted by atomic mass is 9.84. The maximum absolute atomic E-state index is 12.5. The lowest BCUT2D eigenvalue weighted by Crippen LogP contribution is -2.57. The summed E-state index contributed by atoms with van der Waals surface area (Å²) in [6.07, 6.45) is 3.51. The van der Waals surface area contributed by atoms with Crippen LogP contribution in [0.3, 0.4) is 0 Å². The monoisotopic (exact) mass is 312 g/mol. The quantitative estimate of drug-likeness (QED) is 0.784. The molecule has 1 N–H and O–H groups in total. The molecule has 2 saturated heterocycles. The number of nitrogens with zero attached hydrogens (tertiary/aromatic N) is 3. The Kier molecular flexibility index (Phi) is 6.92. The summed E-state index contributed by atoms with van der Waals surface area (Å²) in [6.45, 7) is 6.34. The molecule has 0 aromatic rings. The Labute approximate surface area is 134 Å². The summed E-state index contributed by atoms with van der Waals surface area (Å²) >= 11 is 0. The lowest BCUT2D eigenvalue weighted by molar-refractivity contribution is 0.0532. The van der Waals surface area contributed by atoms with Crippen molar-refractivity contribution in [1.29, 1.82) is 0 Å². The lowest BCUT2D eigenvalue weighted by Gasteiger charge is -2.46. The summed E-state index contributed by atoms with van der Waals surface area (Å²) in [7, 11) is 5.95. The summed E-state index contributed by atoms with van der Waals surface area (Å²) in [6, 6.07) is 0.565. The molecule has 2 amide bonds. The molecule has 22 heavy (non-hydrogen) atoms. The highest BCUT2D eigenvalue weighted by atomic mass is 16.5. The van der Waals surface area contributed by atoms with Crippen LogP contribution in [-0.2, 0) is 4.74 Å². The number of hydrogen-bond acceptors (Lipinski definition) is 4. The second kappa shape index (κ2) is 8.70. The van der Waals surface area contributed by atoms with E-state index >= 15 is 0 Å². The smallest absolute Gasteiger partial charge is 0.317 e. The molecule has 2 atom stereocenters. The first-order chi connectivity index (χ1) is 10.6. The van der Waals surface area contributed by atoms with Crippen molar-refractivity contribution < 1.29 is 9.53 Å². The second-order valence-corrected chi connectivity index (χ2v) is 6.74. The first-order valence-electron chi connectivity index (χ1n) is 8.52. The number of rotatable bonds is 6. The average Bonchev–Trinajstić information content (AvgIpc) is 2.51. The molecule has 0 radical (unpaired) electrons. The first-order valence-corrected chi connectivity index (χ1v) is 8.52. The van der Waals surface area contributed by atoms with E-state index in [0.29, 0.717) is 18.5 Å². The van der Waals surface area contributed by atoms with Crippen molar-refractivity contribution in [1.82, 2.24) is 20.0 Å². The summed E-state index contributed by atoms with van der Waals surface area (Å²) in [5.74, 6) is 0.655. The average molecular weight is 312 g/mol. The van der Waals surface area contributed by atoms with Gasteiger partial charge in [0.05, 0.1) is 6.61 Å². The number of urea groups is 1. The van der Waals surface area contributed by atoms with E-state index in [-0.39, 0.29) is 6.03 Å². The topological polar surface area (TPSA) is 48.1 Å². The second-order valence-electron chi connectivity index (χ2n) is 6.74. The Morgan fingerprint density at radius 2 is 2.14 bits per heavy atom. The standard InChI is InChI=1S/C16H32N4O2/c1-18(11-12-22-3)10-7-17-16(21)20-8-4-5-14-13-19(2)9-6-15(14)20/h14-15H,4-13H2,1-3H3,(H,17,21)/t14-,15+/m0/s1. The minimum absolute atomic E-state index is 0.124. The number of hydrogen-bond donors (Lipinski definition) is 1. The zero-order valence-corrected chi connectivity index (χ0v) is 14.4. The maximum atomic E-state index is 12.5. The highest BCUT2D eigenvalue weighted by Gasteiger charge is 2.37. The molecule has 0 unspecified atom stereocenters. The largest absolute Gasteiger partial charge is 0.383 e. The molecule has 2 aliphatic heterocycles. The summed E-state index contributed by atoms with van der Waals surface area (Å²) in [4.78, 5) is 19.2. The zero-order valence-electron chi connectivity index (χ0n) is 14.4. The van der Waals surface area contributed by atoms with E-state index in [2.05, 4.69) is 34.1 Å². The van der Waals surface area contributed by atoms with E-state index in [4.69, 9.17) is 4.74 Å². The van der Waals surface area contributed by atoms with Crippen LogP contribution < -0.4 is 5.32 Å². The minimum Gasteiger partial charge on any atom is -0.383 e. The predicted octanol–water partition coefficient (Wildman–Crippen LogP) is 0.690. The maximum Gasteiger partial charge on any atom is 0.317 e. The van der Waals surface area contributed by atoms with Crippen molar-refractivity contribution in [2.24, 2.45) is 5.92 Å². The van der Waals surface area contributed by atoms with Crippen molar-refractivity contribution in [3.63, 3.8) is 0 Å². The fourth-order valence-corrected chi connectivity index (χ4v) is 3.65. The number of likely N-dealkylation sites (tertiary alicyclic amines) is 2. The molecule has 0 spiro atoms. The van der Waals surface area contributed by atoms with Gasteiger partial charge < -0.3 is 24.8 Å². The van der Waals surface area contributed by atoms with Gasteiger partial charge in [0.25, 0.3) is 0 Å². The van der Waals surface area contributed by atoms with Gasteiger partial charge in [-0.1, -0.05) is 0 Å². The van der Waals surface area contributed by atoms with E-state index in [0.717, 1.165) is 52.2 Å². The Balaban J connectivity index is 1.74. The van der Waals surface area contributed by atoms with Gasteiger partial charge in [0, 0.05) is 45.9 Å². The van der Waals surface area contributed by atoms with E-state index < -0.39 is 0 Å². The number of amides is 2. The van der Waals surface area contributed by atoms with Crippen LogP contribution in [0, 0.1) is 5.92 Å². The molecular weight excluding hydrogens is 280 g/mol. The number of carbonyl (C=O) groups is 1. The molecule has 6 nitrogen and oxygen atoms in total. The molecular formula is C16H32N4O2. The molecule has 0 aromatic heterocycles. The van der Waals surface area contributed by atoms with Gasteiger partial charge in [0.2, 0.25) is 0 Å². The molecule has 0 saturated carbocycles. The van der Waals surface area contributed by atoms with Gasteiger partial charge in [-0.05, 0) is 45.8 Å². The predicted molar refractivity (Wildman–Crippen MR) is 88.1 cm³/mol. The van der Waals surface area contributed by atoms with Crippen molar-refractivity contribution in [2.45, 2.75) is 25.3 Å². The fraction of sp³-hybridized carbons (Fsp3) is 0.938. The Bertz CT molecular complexity index is 353. The van der Waals surface area contributed by atoms with Crippen LogP contribution in [0.1, 0.15) is 19.3 Å². The van der Waals surface area contributed by atoms with Gasteiger partial charge in [0.15, 0.2) is 0 Å². The molecule has 6 heteroatoms. The van der Waals surface area contributed by atoms with E-state index in [1.807, 2.05) is 0 Å². The van der Waals surface area contributed by atoms with E-state index in [9.17, 15) is 4.79 Å². The van der Waals surface area contributed by atoms with Crippen LogP contribution in [-0.4, -0.2) is 93.9 Å². The number of fused-ring (bicyclic) bond motifs is 1. The normalized spacial score (nSPS) is 26.1. The van der Waals surface area contributed by atoms with E-state index in [1.54, 1.807) is 7.11 Å². The SMILES string of the molecule is COCCN(C)CCNC(=O)N1CCC[C@H]2CN(C)CC[C@H]21. The van der Waals surface area contributed by atoms with Gasteiger partial charge in [-0.15, -0.1) is 0 Å². The molecule has 128 valence electrons. The highest BCUT2D eigenvalue weighted by Crippen LogP contribution is 2.29. The van der Waals surface area contributed by atoms with E-state index in [1.165, 1.54) is 6.42 Å². The molecule has 2 rings (SSSR count). The van der Waals surface area contributed by atoms with Crippen LogP contribution in [0.4, 0.5) is 4.79 Å². The molecule has 0 aliphatic carbocycles. The molecule has 2 fully saturated rings. The van der Waals surface area contributed by atoms with Gasteiger partial charge >= 0.3 is 6.03 Å². The third-order valence-electron chi connectivity index (χ3n) is 4.98. The zero-order chi connectivity index (χ0) is 15.9. The fourth-order valence-electron chi connectivity index (χ4n) is 3.65. The van der Waals surface area contributed by atoms with Gasteiger partial charge in [0.1, 0.15) is 0 Å². The molecule has 0 aromatic carbocycles. The van der Waals surface area contributed by atoms with Crippen LogP contribution in [0.25, 0.3) is 0 Å². The van der Waals surface area contributed by atoms with Crippen LogP contribution >= 0.6 is 0 Å². The van der Waals surface area contributed by atoms with Crippen LogP contribution in [0.5, 0.6) is 0 Å². The van der Waals surface area contributed by atoms with Crippen molar-refractivity contribution in [2.75, 3.05) is 67.1 Å². The van der Waals surface area contributed by atoms with Gasteiger partial charge in [-0.25, -0.2) is 4.79 Å². The number of ether oxygens (including phenoxy) is 1. The highest BCUT2D eigenvalue weighted by molar-refractivity contribution is 5.74. The minimum atomic E-state index is 0.124. The Morgan fingerprint density at radius 3 is 2.91 bits per heavy atom. The van der Waals surface area contributed by atoms with Crippen molar-refractivity contribution in [3.05, 3.63) is 0 Å². The Hall–Kier alpha value is -0.850. The molecule has 0 bridgehead atoms. The third kappa shape index (κ3) is 4.83. The summed E-state index contributed by atoms with van der Waals surface area (Å²) in [5, 5.41) is 3.09. The van der Waals surface area contributed by atoms with Gasteiger partial charge in [-0.2, -0.15) is 0 Å².